The number of amides is 3. The van der Waals surface area contributed by atoms with E-state index >= 15 is 4.39 Å². The third-order valence-corrected chi connectivity index (χ3v) is 8.45. The van der Waals surface area contributed by atoms with Crippen LogP contribution in [-0.4, -0.2) is 53.8 Å². The molecule has 242 valence electrons. The van der Waals surface area contributed by atoms with E-state index in [0.29, 0.717) is 51.9 Å². The first-order valence-electron chi connectivity index (χ1n) is 14.4. The third kappa shape index (κ3) is 6.69. The average molecular weight is 661 g/mol. The van der Waals surface area contributed by atoms with Crippen LogP contribution in [0.4, 0.5) is 28.9 Å². The van der Waals surface area contributed by atoms with Crippen LogP contribution in [-0.2, 0) is 36.5 Å². The van der Waals surface area contributed by atoms with Crippen LogP contribution in [0.5, 0.6) is 0 Å². The molecular weight excluding hydrogens is 632 g/mol. The van der Waals surface area contributed by atoms with Gasteiger partial charge in [0.1, 0.15) is 13.1 Å². The summed E-state index contributed by atoms with van der Waals surface area (Å²) in [6, 6.07) is 9.10. The number of aromatic nitrogens is 1. The monoisotopic (exact) mass is 660 g/mol. The molecule has 1 N–H and O–H groups in total. The number of alkyl halides is 3. The lowest BCUT2D eigenvalue weighted by molar-refractivity contribution is -0.142. The fourth-order valence-corrected chi connectivity index (χ4v) is 5.87. The number of rotatable bonds is 4. The number of piperazine rings is 1. The second kappa shape index (κ2) is 13.1. The number of nitrogens with one attached hydrogen (secondary N) is 1. The van der Waals surface area contributed by atoms with E-state index in [-0.39, 0.29) is 18.7 Å². The van der Waals surface area contributed by atoms with Gasteiger partial charge in [-0.3, -0.25) is 29.1 Å². The zero-order chi connectivity index (χ0) is 33.3. The molecule has 14 heteroatoms. The van der Waals surface area contributed by atoms with Crippen molar-refractivity contribution in [1.29, 1.82) is 0 Å². The summed E-state index contributed by atoms with van der Waals surface area (Å²) in [7, 11) is 1.28. The van der Waals surface area contributed by atoms with Gasteiger partial charge in [0.2, 0.25) is 17.7 Å². The summed E-state index contributed by atoms with van der Waals surface area (Å²) in [5.41, 5.74) is 0.198. The summed E-state index contributed by atoms with van der Waals surface area (Å²) in [5.74, 6) is -4.25. The van der Waals surface area contributed by atoms with E-state index in [9.17, 15) is 32.3 Å². The summed E-state index contributed by atoms with van der Waals surface area (Å²) < 4.78 is 61.2. The molecule has 1 aromatic heterocycles. The maximum Gasteiger partial charge on any atom is 0.418 e. The first-order chi connectivity index (χ1) is 21.8. The minimum absolute atomic E-state index is 0.00938. The van der Waals surface area contributed by atoms with Gasteiger partial charge in [0, 0.05) is 23.4 Å². The maximum atomic E-state index is 15.0. The highest BCUT2D eigenvalue weighted by Crippen LogP contribution is 2.42. The fraction of sp³-hybridized carbons (Fsp3) is 0.344. The van der Waals surface area contributed by atoms with Gasteiger partial charge in [-0.2, -0.15) is 13.2 Å². The van der Waals surface area contributed by atoms with Gasteiger partial charge in [-0.1, -0.05) is 37.1 Å². The number of esters is 1. The number of pyridine rings is 1. The molecule has 3 aromatic rings. The number of benzene rings is 2. The van der Waals surface area contributed by atoms with E-state index in [0.717, 1.165) is 6.07 Å². The van der Waals surface area contributed by atoms with Crippen molar-refractivity contribution < 1.29 is 41.5 Å². The van der Waals surface area contributed by atoms with Crippen LogP contribution in [0.25, 0.3) is 11.1 Å². The van der Waals surface area contributed by atoms with Crippen LogP contribution in [0.2, 0.25) is 5.02 Å². The molecule has 2 aliphatic rings. The van der Waals surface area contributed by atoms with Crippen molar-refractivity contribution >= 4 is 46.7 Å². The largest absolute Gasteiger partial charge is 0.469 e. The van der Waals surface area contributed by atoms with Crippen molar-refractivity contribution in [3.05, 3.63) is 76.3 Å². The van der Waals surface area contributed by atoms with Crippen molar-refractivity contribution in [2.75, 3.05) is 30.4 Å². The van der Waals surface area contributed by atoms with Crippen LogP contribution < -0.4 is 10.2 Å². The molecular formula is C32H29ClF4N4O5. The lowest BCUT2D eigenvalue weighted by atomic mass is 9.93. The topological polar surface area (TPSA) is 109 Å². The Balaban J connectivity index is 1.52. The number of fused-ring (bicyclic) bond motifs is 4. The quantitative estimate of drug-likeness (QED) is 0.274. The molecule has 2 aromatic carbocycles. The molecule has 1 saturated heterocycles. The Labute approximate surface area is 266 Å². The van der Waals surface area contributed by atoms with E-state index in [2.05, 4.69) is 10.3 Å². The molecule has 2 atom stereocenters. The van der Waals surface area contributed by atoms with Gasteiger partial charge >= 0.3 is 12.1 Å². The lowest BCUT2D eigenvalue weighted by Gasteiger charge is -2.39. The van der Waals surface area contributed by atoms with Crippen molar-refractivity contribution in [3.8, 4) is 11.1 Å². The Hall–Kier alpha value is -4.52. The smallest absolute Gasteiger partial charge is 0.418 e. The number of carbonyl (C=O) groups excluding carboxylic acids is 4. The number of anilines is 2. The van der Waals surface area contributed by atoms with Gasteiger partial charge in [0.25, 0.3) is 0 Å². The van der Waals surface area contributed by atoms with E-state index in [1.165, 1.54) is 18.2 Å². The number of hydrogen-bond acceptors (Lipinski definition) is 6. The molecule has 0 aliphatic carbocycles. The predicted octanol–water partition coefficient (Wildman–Crippen LogP) is 5.95. The molecule has 3 heterocycles. The Morgan fingerprint density at radius 1 is 1.07 bits per heavy atom. The van der Waals surface area contributed by atoms with Crippen LogP contribution in [0, 0.1) is 11.7 Å². The summed E-state index contributed by atoms with van der Waals surface area (Å²) in [5, 5.41) is 2.33. The van der Waals surface area contributed by atoms with Crippen molar-refractivity contribution in [2.24, 2.45) is 5.92 Å². The van der Waals surface area contributed by atoms with Crippen molar-refractivity contribution in [1.82, 2.24) is 9.88 Å². The highest BCUT2D eigenvalue weighted by atomic mass is 35.5. The number of carbonyl (C=O) groups is 4. The van der Waals surface area contributed by atoms with Crippen molar-refractivity contribution in [3.63, 3.8) is 0 Å². The summed E-state index contributed by atoms with van der Waals surface area (Å²) in [4.78, 5) is 58.2. The molecule has 9 nitrogen and oxygen atoms in total. The van der Waals surface area contributed by atoms with Gasteiger partial charge in [-0.15, -0.1) is 0 Å². The minimum Gasteiger partial charge on any atom is -0.469 e. The molecule has 2 aliphatic heterocycles. The standard InChI is InChI=1S/C32H29ClF4N4O5/c1-17-4-3-5-25(40-15-27(43)41(16-26(40)42)30-21(32(35,36)37)8-9-22(33)29(30)34)24-14-19(10-11-38-24)20-7-6-18(13-28(44)46-2)12-23(20)39-31(17)45/h6-12,14,17,25H,3-5,13,15-16H2,1-2H3,(H,39,45)/t17-,25?/m1/s1. The predicted molar refractivity (Wildman–Crippen MR) is 160 cm³/mol. The normalized spacial score (nSPS) is 19.2. The molecule has 2 bridgehead atoms. The lowest BCUT2D eigenvalue weighted by Crippen LogP contribution is -2.55. The number of halogens is 5. The van der Waals surface area contributed by atoms with Gasteiger partial charge in [0.05, 0.1) is 41.5 Å². The molecule has 1 fully saturated rings. The van der Waals surface area contributed by atoms with Gasteiger partial charge in [-0.25, -0.2) is 4.39 Å². The number of nitrogens with zero attached hydrogens (tertiary/aromatic N) is 3. The van der Waals surface area contributed by atoms with Gasteiger partial charge < -0.3 is 15.0 Å². The maximum absolute atomic E-state index is 15.0. The van der Waals surface area contributed by atoms with Gasteiger partial charge in [-0.05, 0) is 54.3 Å². The number of methoxy groups -OCH3 is 1. The van der Waals surface area contributed by atoms with E-state index in [1.807, 2.05) is 0 Å². The second-order valence-corrected chi connectivity index (χ2v) is 11.6. The average Bonchev–Trinajstić information content (AvgIpc) is 3.01. The first kappa shape index (κ1) is 32.9. The third-order valence-electron chi connectivity index (χ3n) is 8.15. The van der Waals surface area contributed by atoms with E-state index in [1.54, 1.807) is 37.3 Å². The summed E-state index contributed by atoms with van der Waals surface area (Å²) >= 11 is 5.78. The summed E-state index contributed by atoms with van der Waals surface area (Å²) in [6.07, 6.45) is -2.38. The SMILES string of the molecule is COC(=O)Cc1ccc2c(c1)NC(=O)[C@H](C)CCCC(N1CC(=O)N(c3c(C(F)(F)F)ccc(Cl)c3F)CC1=O)c1cc-2ccn1. The Morgan fingerprint density at radius 3 is 2.54 bits per heavy atom. The molecule has 46 heavy (non-hydrogen) atoms. The Morgan fingerprint density at radius 2 is 1.83 bits per heavy atom. The number of ether oxygens (including phenoxy) is 1. The zero-order valence-electron chi connectivity index (χ0n) is 24.8. The highest BCUT2D eigenvalue weighted by molar-refractivity contribution is 6.31. The van der Waals surface area contributed by atoms with Gasteiger partial charge in [0.15, 0.2) is 5.82 Å². The summed E-state index contributed by atoms with van der Waals surface area (Å²) in [6.45, 7) is 0.263. The first-order valence-corrected chi connectivity index (χ1v) is 14.8. The molecule has 3 amide bonds. The van der Waals surface area contributed by atoms with E-state index in [4.69, 9.17) is 16.3 Å². The zero-order valence-corrected chi connectivity index (χ0v) is 25.5. The van der Waals surface area contributed by atoms with Crippen molar-refractivity contribution in [2.45, 2.75) is 44.8 Å². The molecule has 5 rings (SSSR count). The van der Waals surface area contributed by atoms with E-state index < -0.39 is 71.1 Å². The Bertz CT molecular complexity index is 1720. The minimum atomic E-state index is -5.02. The fourth-order valence-electron chi connectivity index (χ4n) is 5.72. The second-order valence-electron chi connectivity index (χ2n) is 11.2. The van der Waals surface area contributed by atoms with Crippen LogP contribution in [0.3, 0.4) is 0 Å². The Kier molecular flexibility index (Phi) is 9.34. The number of hydrogen-bond donors (Lipinski definition) is 1. The molecule has 1 unspecified atom stereocenters. The van der Waals surface area contributed by atoms with Crippen LogP contribution in [0.15, 0.2) is 48.7 Å². The van der Waals surface area contributed by atoms with Crippen LogP contribution >= 0.6 is 11.6 Å². The van der Waals surface area contributed by atoms with Crippen LogP contribution in [0.1, 0.15) is 49.0 Å². The molecule has 0 spiro atoms. The highest BCUT2D eigenvalue weighted by Gasteiger charge is 2.43. The molecule has 0 radical (unpaired) electrons. The molecule has 0 saturated carbocycles.